The van der Waals surface area contributed by atoms with E-state index in [1.54, 1.807) is 29.3 Å². The Balaban J connectivity index is 1.28. The molecule has 2 aliphatic heterocycles. The SMILES string of the molecule is Cn1cc(-c2ccc(-c3cnc(N(C4CC4)[C@H]4C[C@]5(C)COC[C@@](C)(N5)[C@H]4F)cn3)c(O)c2)cn1. The second-order valence-corrected chi connectivity index (χ2v) is 10.8. The Labute approximate surface area is 204 Å². The molecule has 1 aromatic carbocycles. The van der Waals surface area contributed by atoms with Crippen LogP contribution in [0.25, 0.3) is 22.4 Å². The molecule has 3 aliphatic rings. The number of hydrogen-bond acceptors (Lipinski definition) is 7. The van der Waals surface area contributed by atoms with Gasteiger partial charge in [-0.15, -0.1) is 0 Å². The second-order valence-electron chi connectivity index (χ2n) is 10.8. The normalized spacial score (nSPS) is 30.3. The zero-order chi connectivity index (χ0) is 24.4. The number of piperidine rings is 1. The highest BCUT2D eigenvalue weighted by atomic mass is 19.1. The number of phenols is 1. The molecule has 2 saturated heterocycles. The first-order valence-electron chi connectivity index (χ1n) is 12.2. The van der Waals surface area contributed by atoms with E-state index in [4.69, 9.17) is 9.72 Å². The molecule has 0 amide bonds. The molecule has 1 aliphatic carbocycles. The van der Waals surface area contributed by atoms with Crippen LogP contribution in [-0.4, -0.2) is 67.4 Å². The molecule has 3 fully saturated rings. The summed E-state index contributed by atoms with van der Waals surface area (Å²) in [6, 6.07) is 5.47. The van der Waals surface area contributed by atoms with Gasteiger partial charge in [-0.2, -0.15) is 5.10 Å². The summed E-state index contributed by atoms with van der Waals surface area (Å²) in [5.74, 6) is 0.812. The van der Waals surface area contributed by atoms with E-state index in [9.17, 15) is 5.11 Å². The quantitative estimate of drug-likeness (QED) is 0.581. The van der Waals surface area contributed by atoms with Crippen LogP contribution < -0.4 is 10.2 Å². The molecule has 9 heteroatoms. The van der Waals surface area contributed by atoms with Crippen LogP contribution in [0.1, 0.15) is 33.1 Å². The minimum Gasteiger partial charge on any atom is -0.507 e. The largest absolute Gasteiger partial charge is 0.507 e. The second kappa shape index (κ2) is 7.99. The minimum absolute atomic E-state index is 0.128. The number of morpholine rings is 1. The van der Waals surface area contributed by atoms with Crippen molar-refractivity contribution in [3.8, 4) is 28.1 Å². The fourth-order valence-electron chi connectivity index (χ4n) is 5.81. The number of benzene rings is 1. The zero-order valence-corrected chi connectivity index (χ0v) is 20.3. The van der Waals surface area contributed by atoms with E-state index in [1.807, 2.05) is 32.3 Å². The molecule has 4 atom stereocenters. The summed E-state index contributed by atoms with van der Waals surface area (Å²) in [6.07, 6.45) is 8.65. The summed E-state index contributed by atoms with van der Waals surface area (Å²) in [4.78, 5) is 11.5. The van der Waals surface area contributed by atoms with Gasteiger partial charge in [-0.3, -0.25) is 15.0 Å². The Kier molecular flexibility index (Phi) is 5.12. The van der Waals surface area contributed by atoms with Crippen LogP contribution in [0.5, 0.6) is 5.75 Å². The van der Waals surface area contributed by atoms with Crippen LogP contribution in [0.4, 0.5) is 10.2 Å². The molecular formula is C26H31FN6O2. The highest BCUT2D eigenvalue weighted by molar-refractivity contribution is 5.73. The van der Waals surface area contributed by atoms with Crippen molar-refractivity contribution in [3.63, 3.8) is 0 Å². The third kappa shape index (κ3) is 3.96. The Morgan fingerprint density at radius 3 is 2.63 bits per heavy atom. The molecular weight excluding hydrogens is 447 g/mol. The fraction of sp³-hybridized carbons (Fsp3) is 0.500. The van der Waals surface area contributed by atoms with Crippen molar-refractivity contribution in [1.29, 1.82) is 0 Å². The first-order chi connectivity index (χ1) is 16.7. The molecule has 2 bridgehead atoms. The molecule has 0 radical (unpaired) electrons. The standard InChI is InChI=1S/C26H31FN6O2/c1-25-9-21(24(27)26(2,31-25)15-35-14-25)33(18-5-6-18)23-12-28-20(11-29-23)19-7-4-16(8-22(19)34)17-10-30-32(3)13-17/h4,7-8,10-13,18,21,24,31,34H,5-6,9,14-15H2,1-3H3/t21-,24-,25+,26+/m0/s1. The van der Waals surface area contributed by atoms with Crippen LogP contribution in [0, 0.1) is 0 Å². The molecule has 2 N–H and O–H groups in total. The monoisotopic (exact) mass is 478 g/mol. The van der Waals surface area contributed by atoms with Crippen molar-refractivity contribution in [2.45, 2.75) is 62.4 Å². The molecule has 3 aromatic rings. The molecule has 35 heavy (non-hydrogen) atoms. The van der Waals surface area contributed by atoms with Crippen LogP contribution in [0.2, 0.25) is 0 Å². The lowest BCUT2D eigenvalue weighted by Gasteiger charge is -2.56. The van der Waals surface area contributed by atoms with Crippen LogP contribution in [-0.2, 0) is 11.8 Å². The van der Waals surface area contributed by atoms with Crippen LogP contribution in [0.15, 0.2) is 43.0 Å². The summed E-state index contributed by atoms with van der Waals surface area (Å²) >= 11 is 0. The van der Waals surface area contributed by atoms with Gasteiger partial charge in [0.05, 0.1) is 49.1 Å². The number of rotatable bonds is 5. The van der Waals surface area contributed by atoms with Gasteiger partial charge in [-0.1, -0.05) is 6.07 Å². The molecule has 6 rings (SSSR count). The first kappa shape index (κ1) is 22.4. The molecule has 8 nitrogen and oxygen atoms in total. The third-order valence-corrected chi connectivity index (χ3v) is 7.53. The van der Waals surface area contributed by atoms with Gasteiger partial charge in [-0.05, 0) is 50.8 Å². The highest BCUT2D eigenvalue weighted by Crippen LogP contribution is 2.43. The van der Waals surface area contributed by atoms with Gasteiger partial charge in [0.15, 0.2) is 0 Å². The number of hydrogen-bond donors (Lipinski definition) is 2. The van der Waals surface area contributed by atoms with Crippen molar-refractivity contribution in [2.24, 2.45) is 7.05 Å². The maximum absolute atomic E-state index is 15.9. The lowest BCUT2D eigenvalue weighted by molar-refractivity contribution is -0.0985. The number of nitrogens with zero attached hydrogens (tertiary/aromatic N) is 5. The third-order valence-electron chi connectivity index (χ3n) is 7.53. The molecule has 0 spiro atoms. The van der Waals surface area contributed by atoms with Gasteiger partial charge in [0.2, 0.25) is 0 Å². The predicted octanol–water partition coefficient (Wildman–Crippen LogP) is 3.47. The van der Waals surface area contributed by atoms with Gasteiger partial charge in [0.1, 0.15) is 17.7 Å². The van der Waals surface area contributed by atoms with E-state index in [-0.39, 0.29) is 23.4 Å². The number of alkyl halides is 1. The number of halogens is 1. The number of aromatic hydroxyl groups is 1. The van der Waals surface area contributed by atoms with Crippen molar-refractivity contribution in [1.82, 2.24) is 25.1 Å². The number of fused-ring (bicyclic) bond motifs is 2. The number of anilines is 1. The summed E-state index contributed by atoms with van der Waals surface area (Å²) in [6.45, 7) is 4.96. The fourth-order valence-corrected chi connectivity index (χ4v) is 5.81. The van der Waals surface area contributed by atoms with Crippen molar-refractivity contribution in [2.75, 3.05) is 18.1 Å². The first-order valence-corrected chi connectivity index (χ1v) is 12.2. The van der Waals surface area contributed by atoms with E-state index in [0.717, 1.165) is 24.0 Å². The molecule has 2 aromatic heterocycles. The van der Waals surface area contributed by atoms with Gasteiger partial charge in [-0.25, -0.2) is 9.37 Å². The van der Waals surface area contributed by atoms with E-state index in [2.05, 4.69) is 27.2 Å². The van der Waals surface area contributed by atoms with Crippen LogP contribution in [0.3, 0.4) is 0 Å². The Morgan fingerprint density at radius 2 is 1.97 bits per heavy atom. The Bertz CT molecular complexity index is 1240. The lowest BCUT2D eigenvalue weighted by atomic mass is 9.74. The van der Waals surface area contributed by atoms with Gasteiger partial charge in [0.25, 0.3) is 0 Å². The Hall–Kier alpha value is -3.04. The van der Waals surface area contributed by atoms with Crippen molar-refractivity contribution in [3.05, 3.63) is 43.0 Å². The highest BCUT2D eigenvalue weighted by Gasteiger charge is 2.56. The summed E-state index contributed by atoms with van der Waals surface area (Å²) in [7, 11) is 1.86. The molecule has 0 unspecified atom stereocenters. The Morgan fingerprint density at radius 1 is 1.14 bits per heavy atom. The number of phenolic OH excluding ortho intramolecular Hbond substituents is 1. The average Bonchev–Trinajstić information content (AvgIpc) is 3.56. The van der Waals surface area contributed by atoms with Crippen molar-refractivity contribution >= 4 is 5.82 Å². The maximum atomic E-state index is 15.9. The zero-order valence-electron chi connectivity index (χ0n) is 20.3. The van der Waals surface area contributed by atoms with Crippen molar-refractivity contribution < 1.29 is 14.2 Å². The van der Waals surface area contributed by atoms with Crippen LogP contribution >= 0.6 is 0 Å². The van der Waals surface area contributed by atoms with Gasteiger partial charge >= 0.3 is 0 Å². The summed E-state index contributed by atoms with van der Waals surface area (Å²) in [5, 5.41) is 18.4. The summed E-state index contributed by atoms with van der Waals surface area (Å²) in [5.41, 5.74) is 1.98. The minimum atomic E-state index is -1.10. The number of aromatic nitrogens is 4. The predicted molar refractivity (Wildman–Crippen MR) is 131 cm³/mol. The molecule has 1 saturated carbocycles. The van der Waals surface area contributed by atoms with Gasteiger partial charge < -0.3 is 14.7 Å². The van der Waals surface area contributed by atoms with E-state index in [1.165, 1.54) is 0 Å². The lowest BCUT2D eigenvalue weighted by Crippen LogP contribution is -2.76. The average molecular weight is 479 g/mol. The molecule has 184 valence electrons. The number of ether oxygens (including phenoxy) is 1. The van der Waals surface area contributed by atoms with E-state index in [0.29, 0.717) is 36.7 Å². The smallest absolute Gasteiger partial charge is 0.147 e. The van der Waals surface area contributed by atoms with Gasteiger partial charge in [0, 0.05) is 36.0 Å². The number of aryl methyl sites for hydroxylation is 1. The topological polar surface area (TPSA) is 88.3 Å². The van der Waals surface area contributed by atoms with E-state index < -0.39 is 11.7 Å². The van der Waals surface area contributed by atoms with E-state index >= 15 is 4.39 Å². The maximum Gasteiger partial charge on any atom is 0.147 e. The number of nitrogens with one attached hydrogen (secondary N) is 1. The summed E-state index contributed by atoms with van der Waals surface area (Å²) < 4.78 is 23.4. The molecule has 4 heterocycles.